The smallest absolute Gasteiger partial charge is 0.288 e. The molecule has 5 N–H and O–H groups in total. The van der Waals surface area contributed by atoms with Gasteiger partial charge in [-0.25, -0.2) is 14.6 Å². The number of aromatic nitrogens is 5. The third kappa shape index (κ3) is 3.51. The minimum atomic E-state index is -1.50. The van der Waals surface area contributed by atoms with Crippen molar-refractivity contribution in [3.63, 3.8) is 0 Å². The van der Waals surface area contributed by atoms with Gasteiger partial charge in [0.15, 0.2) is 12.3 Å². The average Bonchev–Trinajstić information content (AvgIpc) is 3.39. The number of nitrogens with one attached hydrogen (secondary N) is 1. The summed E-state index contributed by atoms with van der Waals surface area (Å²) in [6.07, 6.45) is -4.35. The summed E-state index contributed by atoms with van der Waals surface area (Å²) in [7, 11) is 1.54. The van der Waals surface area contributed by atoms with Crippen LogP contribution in [0.5, 0.6) is 0 Å². The highest BCUT2D eigenvalue weighted by Crippen LogP contribution is 2.30. The van der Waals surface area contributed by atoms with E-state index in [1.165, 1.54) is 11.9 Å². The highest BCUT2D eigenvalue weighted by molar-refractivity contribution is 5.88. The first-order valence-electron chi connectivity index (χ1n) is 9.17. The van der Waals surface area contributed by atoms with Crippen molar-refractivity contribution in [2.45, 2.75) is 38.0 Å². The Morgan fingerprint density at radius 1 is 1.33 bits per heavy atom. The number of aliphatic hydroxyl groups excluding tert-OH is 2. The molecule has 12 nitrogen and oxygen atoms in total. The van der Waals surface area contributed by atoms with E-state index in [4.69, 9.17) is 10.5 Å². The van der Waals surface area contributed by atoms with Crippen LogP contribution in [0.2, 0.25) is 0 Å². The van der Waals surface area contributed by atoms with Crippen LogP contribution in [0.15, 0.2) is 24.5 Å². The first-order valence-corrected chi connectivity index (χ1v) is 9.17. The fraction of sp³-hybridized carbons (Fsp3) is 0.389. The second-order valence-electron chi connectivity index (χ2n) is 7.24. The Labute approximate surface area is 170 Å². The molecule has 3 aromatic rings. The summed E-state index contributed by atoms with van der Waals surface area (Å²) in [5, 5.41) is 24.4. The zero-order valence-electron chi connectivity index (χ0n) is 16.3. The summed E-state index contributed by atoms with van der Waals surface area (Å²) < 4.78 is 6.59. The Morgan fingerprint density at radius 3 is 2.80 bits per heavy atom. The average molecular weight is 415 g/mol. The lowest BCUT2D eigenvalue weighted by Gasteiger charge is -2.21. The molecule has 4 rings (SSSR count). The predicted molar refractivity (Wildman–Crippen MR) is 102 cm³/mol. The Balaban J connectivity index is 1.47. The SMILES string of the molecule is Cc1ccc2nc(CN(C)C(=O)[C@H]3O[C@@H](n4cnc(C(N)=O)n4)[C@H](O)[C@@H]3O)[nH]c2c1. The van der Waals surface area contributed by atoms with E-state index < -0.39 is 36.4 Å². The molecule has 2 aromatic heterocycles. The number of imidazole rings is 1. The van der Waals surface area contributed by atoms with E-state index >= 15 is 0 Å². The zero-order valence-corrected chi connectivity index (χ0v) is 16.3. The molecule has 0 radical (unpaired) electrons. The van der Waals surface area contributed by atoms with Crippen molar-refractivity contribution in [3.05, 3.63) is 41.7 Å². The number of hydrogen-bond donors (Lipinski definition) is 4. The fourth-order valence-corrected chi connectivity index (χ4v) is 3.36. The van der Waals surface area contributed by atoms with Crippen molar-refractivity contribution in [1.82, 2.24) is 29.6 Å². The van der Waals surface area contributed by atoms with Crippen molar-refractivity contribution < 1.29 is 24.5 Å². The first kappa shape index (κ1) is 19.9. The third-order valence-electron chi connectivity index (χ3n) is 4.92. The topological polar surface area (TPSA) is 172 Å². The summed E-state index contributed by atoms with van der Waals surface area (Å²) in [5.74, 6) is -1.10. The van der Waals surface area contributed by atoms with Gasteiger partial charge in [0, 0.05) is 7.05 Å². The van der Waals surface area contributed by atoms with Crippen molar-refractivity contribution in [2.75, 3.05) is 7.05 Å². The number of nitrogens with two attached hydrogens (primary N) is 1. The molecule has 0 spiro atoms. The molecule has 0 saturated carbocycles. The van der Waals surface area contributed by atoms with Gasteiger partial charge in [0.2, 0.25) is 5.82 Å². The van der Waals surface area contributed by atoms with Crippen molar-refractivity contribution in [1.29, 1.82) is 0 Å². The van der Waals surface area contributed by atoms with E-state index in [2.05, 4.69) is 20.1 Å². The molecule has 1 aromatic carbocycles. The highest BCUT2D eigenvalue weighted by Gasteiger charge is 2.48. The number of amides is 2. The van der Waals surface area contributed by atoms with Gasteiger partial charge in [0.1, 0.15) is 24.4 Å². The van der Waals surface area contributed by atoms with E-state index in [-0.39, 0.29) is 12.4 Å². The highest BCUT2D eigenvalue weighted by atomic mass is 16.6. The van der Waals surface area contributed by atoms with Crippen molar-refractivity contribution in [3.8, 4) is 0 Å². The summed E-state index contributed by atoms with van der Waals surface area (Å²) >= 11 is 0. The molecule has 0 aliphatic carbocycles. The van der Waals surface area contributed by atoms with Crippen LogP contribution in [-0.4, -0.2) is 77.0 Å². The molecule has 1 aliphatic heterocycles. The van der Waals surface area contributed by atoms with Gasteiger partial charge in [-0.1, -0.05) is 6.07 Å². The second-order valence-corrected chi connectivity index (χ2v) is 7.24. The standard InChI is InChI=1S/C18H21N7O5/c1-8-3-4-9-10(5-8)22-11(21-9)6-24(2)17(29)14-12(26)13(27)18(30-14)25-7-20-16(23-25)15(19)28/h3-5,7,12-14,18,26-27H,6H2,1-2H3,(H2,19,28)(H,21,22)/t12-,13+,14-,18+/m0/s1. The molecule has 30 heavy (non-hydrogen) atoms. The first-order chi connectivity index (χ1) is 14.2. The van der Waals surface area contributed by atoms with Gasteiger partial charge < -0.3 is 30.6 Å². The summed E-state index contributed by atoms with van der Waals surface area (Å²) in [6.45, 7) is 2.12. The van der Waals surface area contributed by atoms with Crippen molar-refractivity contribution in [2.24, 2.45) is 5.73 Å². The molecule has 1 fully saturated rings. The van der Waals surface area contributed by atoms with Gasteiger partial charge in [0.25, 0.3) is 11.8 Å². The number of carbonyl (C=O) groups excluding carboxylic acids is 2. The molecule has 3 heterocycles. The van der Waals surface area contributed by atoms with Crippen LogP contribution in [0.3, 0.4) is 0 Å². The molecule has 1 saturated heterocycles. The molecular weight excluding hydrogens is 394 g/mol. The Kier molecular flexibility index (Phi) is 4.97. The van der Waals surface area contributed by atoms with E-state index in [9.17, 15) is 19.8 Å². The lowest BCUT2D eigenvalue weighted by Crippen LogP contribution is -2.43. The van der Waals surface area contributed by atoms with Gasteiger partial charge in [-0.3, -0.25) is 9.59 Å². The predicted octanol–water partition coefficient (Wildman–Crippen LogP) is -1.16. The third-order valence-corrected chi connectivity index (χ3v) is 4.92. The number of hydrogen-bond acceptors (Lipinski definition) is 8. The summed E-state index contributed by atoms with van der Waals surface area (Å²) in [4.78, 5) is 36.6. The van der Waals surface area contributed by atoms with Gasteiger partial charge in [-0.2, -0.15) is 0 Å². The number of fused-ring (bicyclic) bond motifs is 1. The maximum atomic E-state index is 12.8. The van der Waals surface area contributed by atoms with Gasteiger partial charge in [-0.15, -0.1) is 5.10 Å². The second kappa shape index (κ2) is 7.48. The maximum Gasteiger partial charge on any atom is 0.288 e. The van der Waals surface area contributed by atoms with Crippen LogP contribution in [0.1, 0.15) is 28.2 Å². The van der Waals surface area contributed by atoms with Gasteiger partial charge in [0.05, 0.1) is 17.6 Å². The number of carbonyl (C=O) groups is 2. The molecule has 4 atom stereocenters. The number of aromatic amines is 1. The number of H-pyrrole nitrogens is 1. The summed E-state index contributed by atoms with van der Waals surface area (Å²) in [5.41, 5.74) is 7.83. The molecule has 2 amide bonds. The van der Waals surface area contributed by atoms with E-state index in [1.54, 1.807) is 0 Å². The molecule has 158 valence electrons. The molecular formula is C18H21N7O5. The number of aryl methyl sites for hydroxylation is 1. The lowest BCUT2D eigenvalue weighted by molar-refractivity contribution is -0.148. The lowest BCUT2D eigenvalue weighted by atomic mass is 10.1. The van der Waals surface area contributed by atoms with Crippen LogP contribution in [0, 0.1) is 6.92 Å². The maximum absolute atomic E-state index is 12.8. The van der Waals surface area contributed by atoms with Crippen LogP contribution in [-0.2, 0) is 16.1 Å². The zero-order chi connectivity index (χ0) is 21.6. The van der Waals surface area contributed by atoms with Gasteiger partial charge >= 0.3 is 0 Å². The van der Waals surface area contributed by atoms with Gasteiger partial charge in [-0.05, 0) is 24.6 Å². The molecule has 12 heteroatoms. The molecule has 0 bridgehead atoms. The molecule has 0 unspecified atom stereocenters. The number of nitrogens with zero attached hydrogens (tertiary/aromatic N) is 5. The number of primary amides is 1. The number of aliphatic hydroxyl groups is 2. The van der Waals surface area contributed by atoms with Crippen LogP contribution in [0.4, 0.5) is 0 Å². The summed E-state index contributed by atoms with van der Waals surface area (Å²) in [6, 6.07) is 5.78. The molecule has 1 aliphatic rings. The fourth-order valence-electron chi connectivity index (χ4n) is 3.36. The number of rotatable bonds is 5. The number of benzene rings is 1. The minimum absolute atomic E-state index is 0.148. The van der Waals surface area contributed by atoms with E-state index in [0.717, 1.165) is 27.6 Å². The van der Waals surface area contributed by atoms with Crippen LogP contribution >= 0.6 is 0 Å². The quantitative estimate of drug-likeness (QED) is 0.404. The minimum Gasteiger partial charge on any atom is -0.387 e. The Morgan fingerprint density at radius 2 is 2.10 bits per heavy atom. The number of ether oxygens (including phenoxy) is 1. The largest absolute Gasteiger partial charge is 0.387 e. The Bertz CT molecular complexity index is 1110. The normalized spacial score (nSPS) is 23.7. The van der Waals surface area contributed by atoms with Crippen LogP contribution in [0.25, 0.3) is 11.0 Å². The van der Waals surface area contributed by atoms with Crippen LogP contribution < -0.4 is 5.73 Å². The van der Waals surface area contributed by atoms with E-state index in [0.29, 0.717) is 5.82 Å². The number of likely N-dealkylation sites (N-methyl/N-ethyl adjacent to an activating group) is 1. The Hall–Kier alpha value is -3.35. The monoisotopic (exact) mass is 415 g/mol. The van der Waals surface area contributed by atoms with Crippen molar-refractivity contribution >= 4 is 22.8 Å². The van der Waals surface area contributed by atoms with E-state index in [1.807, 2.05) is 25.1 Å².